The predicted octanol–water partition coefficient (Wildman–Crippen LogP) is 6.69. The van der Waals surface area contributed by atoms with Crippen molar-refractivity contribution in [1.82, 2.24) is 9.97 Å². The lowest BCUT2D eigenvalue weighted by molar-refractivity contribution is 0.323. The number of anilines is 2. The molecule has 196 valence electrons. The molecule has 6 rings (SSSR count). The van der Waals surface area contributed by atoms with Gasteiger partial charge in [0.15, 0.2) is 11.5 Å². The van der Waals surface area contributed by atoms with Crippen LogP contribution in [0, 0.1) is 0 Å². The number of hydrogen-bond acceptors (Lipinski definition) is 8. The SMILES string of the molecule is COc1ccc(Nc2ncnc3c2C(c2cc(OC)c(OC)c(OC)c2)c2c(ccc4ccccc24)O3)cc1. The number of fused-ring (bicyclic) bond motifs is 4. The van der Waals surface area contributed by atoms with Crippen molar-refractivity contribution in [3.63, 3.8) is 0 Å². The van der Waals surface area contributed by atoms with Crippen LogP contribution in [0.2, 0.25) is 0 Å². The minimum absolute atomic E-state index is 0.314. The second-order valence-electron chi connectivity index (χ2n) is 8.99. The average molecular weight is 522 g/mol. The van der Waals surface area contributed by atoms with Crippen LogP contribution in [0.25, 0.3) is 10.8 Å². The van der Waals surface area contributed by atoms with Crippen LogP contribution >= 0.6 is 0 Å². The number of methoxy groups -OCH3 is 4. The molecule has 8 heteroatoms. The monoisotopic (exact) mass is 521 g/mol. The van der Waals surface area contributed by atoms with E-state index in [9.17, 15) is 0 Å². The summed E-state index contributed by atoms with van der Waals surface area (Å²) < 4.78 is 28.8. The molecule has 0 saturated heterocycles. The number of benzene rings is 4. The van der Waals surface area contributed by atoms with Crippen LogP contribution < -0.4 is 29.0 Å². The highest BCUT2D eigenvalue weighted by molar-refractivity contribution is 5.91. The molecule has 1 aliphatic heterocycles. The molecule has 1 aromatic heterocycles. The lowest BCUT2D eigenvalue weighted by Gasteiger charge is -2.31. The number of nitrogens with zero attached hydrogens (tertiary/aromatic N) is 2. The first-order valence-electron chi connectivity index (χ1n) is 12.4. The van der Waals surface area contributed by atoms with E-state index in [0.717, 1.165) is 44.6 Å². The van der Waals surface area contributed by atoms with Crippen molar-refractivity contribution < 1.29 is 23.7 Å². The fourth-order valence-electron chi connectivity index (χ4n) is 5.14. The first-order valence-corrected chi connectivity index (χ1v) is 12.4. The lowest BCUT2D eigenvalue weighted by atomic mass is 9.81. The third-order valence-electron chi connectivity index (χ3n) is 6.94. The first kappa shape index (κ1) is 24.4. The molecule has 1 N–H and O–H groups in total. The van der Waals surface area contributed by atoms with Gasteiger partial charge in [-0.2, -0.15) is 0 Å². The van der Waals surface area contributed by atoms with E-state index in [2.05, 4.69) is 33.5 Å². The molecule has 0 radical (unpaired) electrons. The van der Waals surface area contributed by atoms with Gasteiger partial charge in [-0.25, -0.2) is 9.97 Å². The van der Waals surface area contributed by atoms with Crippen LogP contribution in [0.3, 0.4) is 0 Å². The number of rotatable bonds is 7. The van der Waals surface area contributed by atoms with Crippen LogP contribution in [-0.4, -0.2) is 38.4 Å². The summed E-state index contributed by atoms with van der Waals surface area (Å²) in [5, 5.41) is 5.64. The zero-order valence-electron chi connectivity index (χ0n) is 22.0. The van der Waals surface area contributed by atoms with E-state index in [4.69, 9.17) is 23.7 Å². The molecular weight excluding hydrogens is 494 g/mol. The van der Waals surface area contributed by atoms with Crippen LogP contribution in [0.4, 0.5) is 11.5 Å². The average Bonchev–Trinajstić information content (AvgIpc) is 2.99. The largest absolute Gasteiger partial charge is 0.497 e. The van der Waals surface area contributed by atoms with Crippen molar-refractivity contribution in [3.8, 4) is 34.6 Å². The Morgan fingerprint density at radius 1 is 0.744 bits per heavy atom. The van der Waals surface area contributed by atoms with Crippen molar-refractivity contribution >= 4 is 22.3 Å². The van der Waals surface area contributed by atoms with Gasteiger partial charge in [0.05, 0.1) is 34.0 Å². The highest BCUT2D eigenvalue weighted by atomic mass is 16.5. The van der Waals surface area contributed by atoms with Crippen LogP contribution in [-0.2, 0) is 0 Å². The Balaban J connectivity index is 1.61. The maximum Gasteiger partial charge on any atom is 0.228 e. The van der Waals surface area contributed by atoms with Gasteiger partial charge in [-0.05, 0) is 58.8 Å². The Hall–Kier alpha value is -4.98. The third-order valence-corrected chi connectivity index (χ3v) is 6.94. The molecule has 0 saturated carbocycles. The van der Waals surface area contributed by atoms with Crippen molar-refractivity contribution in [2.45, 2.75) is 5.92 Å². The summed E-state index contributed by atoms with van der Waals surface area (Å²) in [4.78, 5) is 9.20. The van der Waals surface area contributed by atoms with Crippen molar-refractivity contribution in [2.75, 3.05) is 33.8 Å². The van der Waals surface area contributed by atoms with E-state index < -0.39 is 0 Å². The minimum Gasteiger partial charge on any atom is -0.497 e. The molecule has 1 atom stereocenters. The predicted molar refractivity (Wildman–Crippen MR) is 149 cm³/mol. The Morgan fingerprint density at radius 2 is 1.49 bits per heavy atom. The molecule has 0 amide bonds. The summed E-state index contributed by atoms with van der Waals surface area (Å²) in [6, 6.07) is 23.9. The summed E-state index contributed by atoms with van der Waals surface area (Å²) in [6.45, 7) is 0. The molecule has 0 bridgehead atoms. The van der Waals surface area contributed by atoms with Crippen LogP contribution in [0.5, 0.6) is 34.6 Å². The summed E-state index contributed by atoms with van der Waals surface area (Å²) >= 11 is 0. The smallest absolute Gasteiger partial charge is 0.228 e. The molecule has 39 heavy (non-hydrogen) atoms. The molecule has 0 fully saturated rings. The Labute approximate surface area is 226 Å². The minimum atomic E-state index is -0.314. The summed E-state index contributed by atoms with van der Waals surface area (Å²) in [5.41, 5.74) is 3.57. The van der Waals surface area contributed by atoms with Crippen LogP contribution in [0.15, 0.2) is 79.1 Å². The molecule has 2 heterocycles. The summed E-state index contributed by atoms with van der Waals surface area (Å²) in [7, 11) is 6.46. The standard InChI is InChI=1S/C31H27N3O5/c1-35-21-12-10-20(11-13-21)34-30-28-26(19-15-24(36-2)29(38-4)25(16-19)37-3)27-22-8-6-5-7-18(22)9-14-23(27)39-31(28)33-17-32-30/h5-17,26H,1-4H3,(H,32,33,34). The number of nitrogens with one attached hydrogen (secondary N) is 1. The zero-order valence-corrected chi connectivity index (χ0v) is 22.0. The van der Waals surface area contributed by atoms with Gasteiger partial charge in [0.2, 0.25) is 11.6 Å². The molecule has 0 aliphatic carbocycles. The molecule has 1 unspecified atom stereocenters. The molecule has 1 aliphatic rings. The van der Waals surface area contributed by atoms with Gasteiger partial charge in [0, 0.05) is 17.2 Å². The van der Waals surface area contributed by atoms with E-state index in [1.54, 1.807) is 28.4 Å². The van der Waals surface area contributed by atoms with Gasteiger partial charge in [-0.15, -0.1) is 0 Å². The molecule has 8 nitrogen and oxygen atoms in total. The fraction of sp³-hybridized carbons (Fsp3) is 0.161. The van der Waals surface area contributed by atoms with Gasteiger partial charge in [-0.1, -0.05) is 30.3 Å². The van der Waals surface area contributed by atoms with E-state index >= 15 is 0 Å². The number of aromatic nitrogens is 2. The normalized spacial score (nSPS) is 13.6. The molecule has 0 spiro atoms. The first-order chi connectivity index (χ1) is 19.1. The van der Waals surface area contributed by atoms with Gasteiger partial charge in [-0.3, -0.25) is 0 Å². The summed E-state index contributed by atoms with van der Waals surface area (Å²) in [5.74, 6) is 3.93. The van der Waals surface area contributed by atoms with Gasteiger partial charge in [0.1, 0.15) is 23.6 Å². The maximum atomic E-state index is 6.41. The summed E-state index contributed by atoms with van der Waals surface area (Å²) in [6.07, 6.45) is 1.50. The Bertz CT molecular complexity index is 1640. The highest BCUT2D eigenvalue weighted by Crippen LogP contribution is 2.53. The van der Waals surface area contributed by atoms with Crippen molar-refractivity contribution in [2.24, 2.45) is 0 Å². The van der Waals surface area contributed by atoms with Gasteiger partial charge < -0.3 is 29.0 Å². The third kappa shape index (κ3) is 4.20. The number of ether oxygens (including phenoxy) is 5. The van der Waals surface area contributed by atoms with E-state index in [1.165, 1.54) is 6.33 Å². The zero-order chi connectivity index (χ0) is 26.9. The van der Waals surface area contributed by atoms with Crippen molar-refractivity contribution in [3.05, 3.63) is 95.8 Å². The Morgan fingerprint density at radius 3 is 2.18 bits per heavy atom. The second kappa shape index (κ2) is 10.1. The van der Waals surface area contributed by atoms with E-state index in [-0.39, 0.29) is 5.92 Å². The number of hydrogen-bond donors (Lipinski definition) is 1. The molecule has 4 aromatic carbocycles. The highest BCUT2D eigenvalue weighted by Gasteiger charge is 2.35. The van der Waals surface area contributed by atoms with E-state index in [1.807, 2.05) is 54.6 Å². The quantitative estimate of drug-likeness (QED) is 0.249. The second-order valence-corrected chi connectivity index (χ2v) is 8.99. The Kier molecular flexibility index (Phi) is 6.28. The van der Waals surface area contributed by atoms with E-state index in [0.29, 0.717) is 28.9 Å². The van der Waals surface area contributed by atoms with Gasteiger partial charge in [0.25, 0.3) is 0 Å². The van der Waals surface area contributed by atoms with Crippen molar-refractivity contribution in [1.29, 1.82) is 0 Å². The maximum absolute atomic E-state index is 6.41. The molecular formula is C31H27N3O5. The van der Waals surface area contributed by atoms with Crippen LogP contribution in [0.1, 0.15) is 22.6 Å². The van der Waals surface area contributed by atoms with Gasteiger partial charge >= 0.3 is 0 Å². The fourth-order valence-corrected chi connectivity index (χ4v) is 5.14. The lowest BCUT2D eigenvalue weighted by Crippen LogP contribution is -2.16. The molecule has 5 aromatic rings. The topological polar surface area (TPSA) is 84.0 Å².